The fourth-order valence-electron chi connectivity index (χ4n) is 2.61. The van der Waals surface area contributed by atoms with Gasteiger partial charge in [-0.15, -0.1) is 0 Å². The van der Waals surface area contributed by atoms with E-state index in [1.54, 1.807) is 0 Å². The van der Waals surface area contributed by atoms with Gasteiger partial charge < -0.3 is 10.1 Å². The molecule has 0 fully saturated rings. The van der Waals surface area contributed by atoms with Crippen molar-refractivity contribution in [3.63, 3.8) is 0 Å². The highest BCUT2D eigenvalue weighted by Gasteiger charge is 2.09. The van der Waals surface area contributed by atoms with Crippen LogP contribution in [-0.2, 0) is 0 Å². The third-order valence-corrected chi connectivity index (χ3v) is 3.63. The first-order valence-corrected chi connectivity index (χ1v) is 7.85. The van der Waals surface area contributed by atoms with E-state index in [0.29, 0.717) is 12.6 Å². The minimum absolute atomic E-state index is 0.421. The first-order valence-electron chi connectivity index (χ1n) is 7.85. The average Bonchev–Trinajstić information content (AvgIpc) is 2.53. The Morgan fingerprint density at radius 2 is 1.67 bits per heavy atom. The zero-order valence-corrected chi connectivity index (χ0v) is 13.2. The van der Waals surface area contributed by atoms with E-state index >= 15 is 0 Å². The summed E-state index contributed by atoms with van der Waals surface area (Å²) in [7, 11) is 0. The van der Waals surface area contributed by atoms with Crippen LogP contribution in [0.2, 0.25) is 0 Å². The van der Waals surface area contributed by atoms with Gasteiger partial charge in [-0.2, -0.15) is 0 Å². The van der Waals surface area contributed by atoms with Crippen LogP contribution in [0.3, 0.4) is 0 Å². The van der Waals surface area contributed by atoms with Crippen LogP contribution in [0, 0.1) is 0 Å². The lowest BCUT2D eigenvalue weighted by molar-refractivity contribution is 0.340. The molecule has 1 N–H and O–H groups in total. The topological polar surface area (TPSA) is 21.3 Å². The van der Waals surface area contributed by atoms with Crippen molar-refractivity contribution < 1.29 is 4.74 Å². The SMILES string of the molecule is CCNC(CC)c1cccc(-c2cccc(OCC)c2)c1. The molecule has 2 nitrogen and oxygen atoms in total. The number of hydrogen-bond acceptors (Lipinski definition) is 2. The predicted octanol–water partition coefficient (Wildman–Crippen LogP) is 4.81. The molecule has 1 unspecified atom stereocenters. The second-order valence-corrected chi connectivity index (χ2v) is 5.10. The maximum Gasteiger partial charge on any atom is 0.119 e. The summed E-state index contributed by atoms with van der Waals surface area (Å²) in [5.74, 6) is 0.930. The molecule has 0 amide bonds. The molecule has 0 radical (unpaired) electrons. The van der Waals surface area contributed by atoms with Crippen molar-refractivity contribution in [2.75, 3.05) is 13.2 Å². The quantitative estimate of drug-likeness (QED) is 0.787. The molecule has 2 aromatic rings. The summed E-state index contributed by atoms with van der Waals surface area (Å²) in [6, 6.07) is 17.5. The van der Waals surface area contributed by atoms with Crippen LogP contribution in [0.1, 0.15) is 38.8 Å². The minimum atomic E-state index is 0.421. The van der Waals surface area contributed by atoms with Gasteiger partial charge in [-0.25, -0.2) is 0 Å². The van der Waals surface area contributed by atoms with Gasteiger partial charge in [0, 0.05) is 6.04 Å². The lowest BCUT2D eigenvalue weighted by Gasteiger charge is -2.17. The molecule has 0 saturated heterocycles. The Kier molecular flexibility index (Phi) is 5.82. The van der Waals surface area contributed by atoms with Crippen molar-refractivity contribution in [3.05, 3.63) is 54.1 Å². The molecule has 1 atom stereocenters. The van der Waals surface area contributed by atoms with E-state index in [1.165, 1.54) is 16.7 Å². The summed E-state index contributed by atoms with van der Waals surface area (Å²) in [4.78, 5) is 0. The fourth-order valence-corrected chi connectivity index (χ4v) is 2.61. The van der Waals surface area contributed by atoms with Gasteiger partial charge in [0.2, 0.25) is 0 Å². The zero-order valence-electron chi connectivity index (χ0n) is 13.2. The molecule has 0 heterocycles. The van der Waals surface area contributed by atoms with E-state index < -0.39 is 0 Å². The van der Waals surface area contributed by atoms with Gasteiger partial charge in [-0.05, 0) is 54.8 Å². The number of rotatable bonds is 7. The van der Waals surface area contributed by atoms with Gasteiger partial charge in [0.25, 0.3) is 0 Å². The molecule has 0 aliphatic carbocycles. The van der Waals surface area contributed by atoms with Crippen LogP contribution in [0.25, 0.3) is 11.1 Å². The fraction of sp³-hybridized carbons (Fsp3) is 0.368. The number of hydrogen-bond donors (Lipinski definition) is 1. The second kappa shape index (κ2) is 7.84. The molecule has 2 heteroatoms. The monoisotopic (exact) mass is 283 g/mol. The summed E-state index contributed by atoms with van der Waals surface area (Å²) in [5.41, 5.74) is 3.79. The largest absolute Gasteiger partial charge is 0.494 e. The maximum absolute atomic E-state index is 5.59. The highest BCUT2D eigenvalue weighted by Crippen LogP contribution is 2.27. The lowest BCUT2D eigenvalue weighted by atomic mass is 9.98. The molecular formula is C19H25NO. The van der Waals surface area contributed by atoms with Gasteiger partial charge in [0.05, 0.1) is 6.61 Å². The Morgan fingerprint density at radius 1 is 0.952 bits per heavy atom. The maximum atomic E-state index is 5.59. The van der Waals surface area contributed by atoms with E-state index in [4.69, 9.17) is 4.74 Å². The van der Waals surface area contributed by atoms with Gasteiger partial charge in [0.15, 0.2) is 0 Å². The summed E-state index contributed by atoms with van der Waals surface area (Å²) in [6.45, 7) is 8.06. The Hall–Kier alpha value is -1.80. The van der Waals surface area contributed by atoms with Crippen LogP contribution in [-0.4, -0.2) is 13.2 Å². The summed E-state index contributed by atoms with van der Waals surface area (Å²) >= 11 is 0. The molecule has 0 aliphatic rings. The van der Waals surface area contributed by atoms with Crippen LogP contribution in [0.5, 0.6) is 5.75 Å². The van der Waals surface area contributed by atoms with E-state index in [0.717, 1.165) is 18.7 Å². The normalized spacial score (nSPS) is 12.1. The second-order valence-electron chi connectivity index (χ2n) is 5.10. The summed E-state index contributed by atoms with van der Waals surface area (Å²) in [6.07, 6.45) is 1.09. The zero-order chi connectivity index (χ0) is 15.1. The first kappa shape index (κ1) is 15.6. The third kappa shape index (κ3) is 4.08. The molecular weight excluding hydrogens is 258 g/mol. The smallest absolute Gasteiger partial charge is 0.119 e. The van der Waals surface area contributed by atoms with E-state index in [9.17, 15) is 0 Å². The molecule has 0 aromatic heterocycles. The highest BCUT2D eigenvalue weighted by molar-refractivity contribution is 5.66. The standard InChI is InChI=1S/C19H25NO/c1-4-19(20-5-2)17-11-7-9-15(13-17)16-10-8-12-18(14-16)21-6-3/h7-14,19-20H,4-6H2,1-3H3. The number of benzene rings is 2. The highest BCUT2D eigenvalue weighted by atomic mass is 16.5. The van der Waals surface area contributed by atoms with Crippen molar-refractivity contribution in [1.82, 2.24) is 5.32 Å². The minimum Gasteiger partial charge on any atom is -0.494 e. The molecule has 2 rings (SSSR count). The van der Waals surface area contributed by atoms with Gasteiger partial charge in [0.1, 0.15) is 5.75 Å². The summed E-state index contributed by atoms with van der Waals surface area (Å²) in [5, 5.41) is 3.53. The van der Waals surface area contributed by atoms with Crippen molar-refractivity contribution in [2.24, 2.45) is 0 Å². The number of nitrogens with one attached hydrogen (secondary N) is 1. The van der Waals surface area contributed by atoms with Crippen LogP contribution in [0.4, 0.5) is 0 Å². The van der Waals surface area contributed by atoms with Crippen molar-refractivity contribution in [3.8, 4) is 16.9 Å². The van der Waals surface area contributed by atoms with Crippen LogP contribution >= 0.6 is 0 Å². The van der Waals surface area contributed by atoms with E-state index in [-0.39, 0.29) is 0 Å². The number of ether oxygens (including phenoxy) is 1. The van der Waals surface area contributed by atoms with E-state index in [1.807, 2.05) is 13.0 Å². The third-order valence-electron chi connectivity index (χ3n) is 3.63. The van der Waals surface area contributed by atoms with Crippen molar-refractivity contribution in [1.29, 1.82) is 0 Å². The Bertz CT molecular complexity index is 565. The van der Waals surface area contributed by atoms with Crippen molar-refractivity contribution >= 4 is 0 Å². The van der Waals surface area contributed by atoms with Crippen LogP contribution in [0.15, 0.2) is 48.5 Å². The van der Waals surface area contributed by atoms with Gasteiger partial charge in [-0.1, -0.05) is 44.2 Å². The molecule has 0 saturated carbocycles. The predicted molar refractivity (Wildman–Crippen MR) is 89.8 cm³/mol. The van der Waals surface area contributed by atoms with Crippen molar-refractivity contribution in [2.45, 2.75) is 33.2 Å². The lowest BCUT2D eigenvalue weighted by Crippen LogP contribution is -2.19. The average molecular weight is 283 g/mol. The molecule has 21 heavy (non-hydrogen) atoms. The Morgan fingerprint density at radius 3 is 2.33 bits per heavy atom. The Labute approximate surface area is 128 Å². The van der Waals surface area contributed by atoms with Crippen LogP contribution < -0.4 is 10.1 Å². The first-order chi connectivity index (χ1) is 10.3. The molecule has 0 spiro atoms. The summed E-state index contributed by atoms with van der Waals surface area (Å²) < 4.78 is 5.59. The molecule has 0 aliphatic heterocycles. The Balaban J connectivity index is 2.30. The van der Waals surface area contributed by atoms with Gasteiger partial charge >= 0.3 is 0 Å². The molecule has 0 bridgehead atoms. The molecule has 2 aromatic carbocycles. The molecule has 112 valence electrons. The van der Waals surface area contributed by atoms with E-state index in [2.05, 4.69) is 61.6 Å². The van der Waals surface area contributed by atoms with Gasteiger partial charge in [-0.3, -0.25) is 0 Å².